The first-order chi connectivity index (χ1) is 13.4. The number of para-hydroxylation sites is 2. The van der Waals surface area contributed by atoms with Crippen LogP contribution in [0.15, 0.2) is 91.3 Å². The topological polar surface area (TPSA) is 32.3 Å². The molecule has 0 unspecified atom stereocenters. The second kappa shape index (κ2) is 7.93. The van der Waals surface area contributed by atoms with E-state index in [1.165, 1.54) is 0 Å². The van der Waals surface area contributed by atoms with Gasteiger partial charge in [-0.15, -0.1) is 12.4 Å². The van der Waals surface area contributed by atoms with E-state index in [-0.39, 0.29) is 20.1 Å². The van der Waals surface area contributed by atoms with E-state index in [0.717, 1.165) is 34.1 Å². The average Bonchev–Trinajstić information content (AvgIpc) is 3.15. The van der Waals surface area contributed by atoms with E-state index < -0.39 is 0 Å². The maximum atomic E-state index is 4.60. The Balaban J connectivity index is 0.00000192. The molecule has 1 radical (unpaired) electrons. The summed E-state index contributed by atoms with van der Waals surface area (Å²) < 4.78 is 0. The van der Waals surface area contributed by atoms with Gasteiger partial charge in [-0.25, -0.2) is 9.97 Å². The molecule has 1 aromatic heterocycles. The Morgan fingerprint density at radius 2 is 1.39 bits per heavy atom. The number of aromatic nitrogens is 2. The molecule has 5 heteroatoms. The van der Waals surface area contributed by atoms with Crippen molar-refractivity contribution >= 4 is 23.0 Å². The molecule has 0 saturated heterocycles. The second-order valence-corrected chi connectivity index (χ2v) is 6.19. The third kappa shape index (κ3) is 3.19. The van der Waals surface area contributed by atoms with Gasteiger partial charge in [0.2, 0.25) is 0 Å². The number of benzene rings is 3. The van der Waals surface area contributed by atoms with Crippen molar-refractivity contribution in [2.45, 2.75) is 0 Å². The Morgan fingerprint density at radius 1 is 0.714 bits per heavy atom. The Labute approximate surface area is 177 Å². The molecule has 0 spiro atoms. The molecule has 1 aliphatic rings. The first-order valence-corrected chi connectivity index (χ1v) is 8.77. The smallest absolute Gasteiger partial charge is 0.145 e. The summed E-state index contributed by atoms with van der Waals surface area (Å²) >= 11 is 0. The van der Waals surface area contributed by atoms with Gasteiger partial charge in [0.05, 0.1) is 0 Å². The predicted molar refractivity (Wildman–Crippen MR) is 108 cm³/mol. The molecular weight excluding hydrogens is 524 g/mol. The maximum Gasteiger partial charge on any atom is 0.145 e. The Morgan fingerprint density at radius 3 is 2.14 bits per heavy atom. The van der Waals surface area contributed by atoms with Crippen LogP contribution in [0, 0.1) is 12.7 Å². The molecule has 4 nitrogen and oxygen atoms in total. The molecular formula is C23H16IrN4-2. The number of hydrogen-bond donors (Lipinski definition) is 0. The Bertz CT molecular complexity index is 1070. The molecule has 0 amide bonds. The van der Waals surface area contributed by atoms with Crippen LogP contribution in [0.2, 0.25) is 0 Å². The number of nitrogens with zero attached hydrogens (tertiary/aromatic N) is 4. The molecule has 0 N–H and O–H groups in total. The average molecular weight is 541 g/mol. The molecule has 28 heavy (non-hydrogen) atoms. The maximum absolute atomic E-state index is 4.60. The summed E-state index contributed by atoms with van der Waals surface area (Å²) in [5, 5.41) is 0. The summed E-state index contributed by atoms with van der Waals surface area (Å²) in [7, 11) is 0. The van der Waals surface area contributed by atoms with Gasteiger partial charge in [-0.1, -0.05) is 48.5 Å². The van der Waals surface area contributed by atoms with Crippen molar-refractivity contribution < 1.29 is 20.1 Å². The second-order valence-electron chi connectivity index (χ2n) is 6.19. The molecule has 0 atom stereocenters. The number of rotatable bonds is 3. The van der Waals surface area contributed by atoms with Crippen LogP contribution >= 0.6 is 0 Å². The van der Waals surface area contributed by atoms with Crippen LogP contribution in [0.4, 0.5) is 23.0 Å². The molecule has 3 aromatic carbocycles. The molecule has 0 saturated carbocycles. The molecule has 139 valence electrons. The summed E-state index contributed by atoms with van der Waals surface area (Å²) in [4.78, 5) is 13.3. The van der Waals surface area contributed by atoms with Crippen LogP contribution in [0.3, 0.4) is 0 Å². The molecule has 0 bridgehead atoms. The number of hydrogen-bond acceptors (Lipinski definition) is 4. The van der Waals surface area contributed by atoms with Crippen molar-refractivity contribution in [3.05, 3.63) is 104 Å². The van der Waals surface area contributed by atoms with Gasteiger partial charge in [-0.05, 0) is 11.6 Å². The van der Waals surface area contributed by atoms with Crippen molar-refractivity contribution in [1.29, 1.82) is 0 Å². The third-order valence-electron chi connectivity index (χ3n) is 4.55. The zero-order chi connectivity index (χ0) is 18.1. The zero-order valence-electron chi connectivity index (χ0n) is 14.9. The third-order valence-corrected chi connectivity index (χ3v) is 4.55. The van der Waals surface area contributed by atoms with E-state index in [0.29, 0.717) is 0 Å². The summed E-state index contributed by atoms with van der Waals surface area (Å²) in [6.45, 7) is 2.03. The van der Waals surface area contributed by atoms with E-state index >= 15 is 0 Å². The van der Waals surface area contributed by atoms with Crippen LogP contribution in [0.25, 0.3) is 11.1 Å². The molecule has 0 aliphatic carbocycles. The minimum Gasteiger partial charge on any atom is -0.477 e. The summed E-state index contributed by atoms with van der Waals surface area (Å²) in [5.74, 6) is 1.60. The largest absolute Gasteiger partial charge is 0.477 e. The van der Waals surface area contributed by atoms with Gasteiger partial charge in [0.15, 0.2) is 0 Å². The van der Waals surface area contributed by atoms with E-state index in [1.54, 1.807) is 12.4 Å². The summed E-state index contributed by atoms with van der Waals surface area (Å²) in [5.41, 5.74) is 4.30. The normalized spacial score (nSPS) is 12.4. The Hall–Kier alpha value is -3.01. The van der Waals surface area contributed by atoms with Gasteiger partial charge in [0.1, 0.15) is 11.6 Å². The van der Waals surface area contributed by atoms with Crippen LogP contribution < -0.4 is 9.80 Å². The van der Waals surface area contributed by atoms with E-state index in [9.17, 15) is 0 Å². The number of anilines is 4. The van der Waals surface area contributed by atoms with Crippen molar-refractivity contribution in [3.63, 3.8) is 0 Å². The molecule has 0 fully saturated rings. The van der Waals surface area contributed by atoms with E-state index in [4.69, 9.17) is 0 Å². The SMILES string of the molecule is [Ir].[c-]1ccccc1N1[CH-]N(c2ccccc2-c2ccccc2)c2nccnc21. The number of fused-ring (bicyclic) bond motifs is 1. The van der Waals surface area contributed by atoms with Crippen LogP contribution in [-0.4, -0.2) is 9.97 Å². The first-order valence-electron chi connectivity index (χ1n) is 8.77. The van der Waals surface area contributed by atoms with Crippen LogP contribution in [0.1, 0.15) is 0 Å². The minimum atomic E-state index is 0. The molecule has 5 rings (SSSR count). The van der Waals surface area contributed by atoms with Gasteiger partial charge >= 0.3 is 0 Å². The van der Waals surface area contributed by atoms with Crippen molar-refractivity contribution in [1.82, 2.24) is 9.97 Å². The molecule has 4 aromatic rings. The summed E-state index contributed by atoms with van der Waals surface area (Å²) in [6.07, 6.45) is 3.44. The van der Waals surface area contributed by atoms with E-state index in [2.05, 4.69) is 63.4 Å². The van der Waals surface area contributed by atoms with Gasteiger partial charge in [0.25, 0.3) is 0 Å². The zero-order valence-corrected chi connectivity index (χ0v) is 17.3. The molecule has 2 heterocycles. The van der Waals surface area contributed by atoms with Gasteiger partial charge in [0, 0.05) is 43.7 Å². The van der Waals surface area contributed by atoms with Crippen molar-refractivity contribution in [2.75, 3.05) is 9.80 Å². The van der Waals surface area contributed by atoms with Crippen molar-refractivity contribution in [2.24, 2.45) is 0 Å². The van der Waals surface area contributed by atoms with E-state index in [1.807, 2.05) is 48.0 Å². The quantitative estimate of drug-likeness (QED) is 0.328. The first kappa shape index (κ1) is 18.4. The van der Waals surface area contributed by atoms with Gasteiger partial charge in [-0.3, -0.25) is 0 Å². The fourth-order valence-corrected chi connectivity index (χ4v) is 3.32. The fraction of sp³-hybridized carbons (Fsp3) is 0. The summed E-state index contributed by atoms with van der Waals surface area (Å²) in [6, 6.07) is 29.9. The fourth-order valence-electron chi connectivity index (χ4n) is 3.32. The standard InChI is InChI=1S/C23H16N4.Ir/c1-3-9-18(10-4-1)20-13-7-8-14-21(20)27-17-26(19-11-5-2-6-12-19)22-23(27)25-16-15-24-22;/h1-11,13-17H;/q-2;. The van der Waals surface area contributed by atoms with Crippen LogP contribution in [-0.2, 0) is 20.1 Å². The monoisotopic (exact) mass is 541 g/mol. The predicted octanol–water partition coefficient (Wildman–Crippen LogP) is 5.35. The van der Waals surface area contributed by atoms with Gasteiger partial charge in [-0.2, -0.15) is 30.3 Å². The van der Waals surface area contributed by atoms with Gasteiger partial charge < -0.3 is 9.80 Å². The minimum absolute atomic E-state index is 0. The molecule has 1 aliphatic heterocycles. The van der Waals surface area contributed by atoms with Crippen LogP contribution in [0.5, 0.6) is 0 Å². The Kier molecular flexibility index (Phi) is 5.20. The van der Waals surface area contributed by atoms with Crippen molar-refractivity contribution in [3.8, 4) is 11.1 Å².